The number of halogens is 1. The molecule has 1 saturated heterocycles. The monoisotopic (exact) mass is 423 g/mol. The van der Waals surface area contributed by atoms with Gasteiger partial charge < -0.3 is 24.3 Å². The van der Waals surface area contributed by atoms with Gasteiger partial charge in [0.15, 0.2) is 5.96 Å². The molecule has 1 aromatic rings. The number of nitrogens with one attached hydrogen (secondary N) is 1. The second kappa shape index (κ2) is 10.0. The van der Waals surface area contributed by atoms with E-state index in [1.807, 2.05) is 26.4 Å². The SMILES string of the molecule is CN=C(NCCn1ccnc1C)N1CCOC(COC)C1.I. The smallest absolute Gasteiger partial charge is 0.193 e. The minimum atomic E-state index is 0. The van der Waals surface area contributed by atoms with Gasteiger partial charge in [-0.1, -0.05) is 0 Å². The van der Waals surface area contributed by atoms with Gasteiger partial charge in [0.25, 0.3) is 0 Å². The summed E-state index contributed by atoms with van der Waals surface area (Å²) in [6.07, 6.45) is 3.92. The summed E-state index contributed by atoms with van der Waals surface area (Å²) in [5, 5.41) is 3.40. The first-order chi connectivity index (χ1) is 10.2. The quantitative estimate of drug-likeness (QED) is 0.430. The van der Waals surface area contributed by atoms with Crippen molar-refractivity contribution in [2.24, 2.45) is 4.99 Å². The van der Waals surface area contributed by atoms with Crippen molar-refractivity contribution in [2.75, 3.05) is 47.0 Å². The van der Waals surface area contributed by atoms with E-state index in [-0.39, 0.29) is 30.1 Å². The van der Waals surface area contributed by atoms with Crippen LogP contribution in [0.4, 0.5) is 0 Å². The molecule has 2 rings (SSSR count). The fourth-order valence-electron chi connectivity index (χ4n) is 2.46. The number of hydrogen-bond acceptors (Lipinski definition) is 4. The fourth-order valence-corrected chi connectivity index (χ4v) is 2.46. The lowest BCUT2D eigenvalue weighted by Crippen LogP contribution is -2.51. The van der Waals surface area contributed by atoms with Crippen LogP contribution in [0.25, 0.3) is 0 Å². The van der Waals surface area contributed by atoms with Gasteiger partial charge in [0.1, 0.15) is 5.82 Å². The second-order valence-corrected chi connectivity index (χ2v) is 5.04. The molecular weight excluding hydrogens is 397 g/mol. The number of ether oxygens (including phenoxy) is 2. The van der Waals surface area contributed by atoms with Gasteiger partial charge in [-0.3, -0.25) is 4.99 Å². The Labute approximate surface area is 149 Å². The van der Waals surface area contributed by atoms with Crippen LogP contribution in [0.1, 0.15) is 5.82 Å². The molecule has 1 N–H and O–H groups in total. The van der Waals surface area contributed by atoms with E-state index >= 15 is 0 Å². The van der Waals surface area contributed by atoms with Crippen LogP contribution in [0.3, 0.4) is 0 Å². The Morgan fingerprint density at radius 3 is 3.05 bits per heavy atom. The van der Waals surface area contributed by atoms with Crippen LogP contribution in [0.15, 0.2) is 17.4 Å². The molecule has 1 aliphatic heterocycles. The summed E-state index contributed by atoms with van der Waals surface area (Å²) in [4.78, 5) is 10.8. The van der Waals surface area contributed by atoms with Gasteiger partial charge in [-0.25, -0.2) is 4.98 Å². The highest BCUT2D eigenvalue weighted by Gasteiger charge is 2.22. The first-order valence-corrected chi connectivity index (χ1v) is 7.28. The first-order valence-electron chi connectivity index (χ1n) is 7.28. The molecule has 126 valence electrons. The first kappa shape index (κ1) is 19.2. The molecule has 1 aliphatic rings. The summed E-state index contributed by atoms with van der Waals surface area (Å²) in [6.45, 7) is 6.66. The fraction of sp³-hybridized carbons (Fsp3) is 0.714. The Balaban J connectivity index is 0.00000242. The standard InChI is InChI=1S/C14H25N5O2.HI/c1-12-16-4-6-18(12)7-5-17-14(15-2)19-8-9-21-13(10-19)11-20-3;/h4,6,13H,5,7-11H2,1-3H3,(H,15,17);1H. The van der Waals surface area contributed by atoms with E-state index in [9.17, 15) is 0 Å². The van der Waals surface area contributed by atoms with E-state index in [4.69, 9.17) is 9.47 Å². The molecule has 22 heavy (non-hydrogen) atoms. The molecule has 1 unspecified atom stereocenters. The molecule has 0 spiro atoms. The van der Waals surface area contributed by atoms with Gasteiger partial charge in [0.2, 0.25) is 0 Å². The zero-order valence-corrected chi connectivity index (χ0v) is 15.8. The van der Waals surface area contributed by atoms with E-state index in [0.29, 0.717) is 13.2 Å². The minimum absolute atomic E-state index is 0. The summed E-state index contributed by atoms with van der Waals surface area (Å²) < 4.78 is 12.9. The zero-order chi connectivity index (χ0) is 15.1. The van der Waals surface area contributed by atoms with Crippen LogP contribution >= 0.6 is 24.0 Å². The van der Waals surface area contributed by atoms with E-state index in [2.05, 4.69) is 24.8 Å². The van der Waals surface area contributed by atoms with Crippen molar-refractivity contribution in [1.29, 1.82) is 0 Å². The number of imidazole rings is 1. The summed E-state index contributed by atoms with van der Waals surface area (Å²) >= 11 is 0. The Morgan fingerprint density at radius 1 is 1.59 bits per heavy atom. The number of guanidine groups is 1. The van der Waals surface area contributed by atoms with Crippen molar-refractivity contribution in [3.05, 3.63) is 18.2 Å². The summed E-state index contributed by atoms with van der Waals surface area (Å²) in [5.74, 6) is 1.94. The number of hydrogen-bond donors (Lipinski definition) is 1. The Bertz CT molecular complexity index is 464. The van der Waals surface area contributed by atoms with Crippen LogP contribution in [0.5, 0.6) is 0 Å². The average Bonchev–Trinajstić information content (AvgIpc) is 2.90. The molecule has 0 bridgehead atoms. The van der Waals surface area contributed by atoms with Crippen molar-refractivity contribution in [3.8, 4) is 0 Å². The highest BCUT2D eigenvalue weighted by molar-refractivity contribution is 14.0. The number of methoxy groups -OCH3 is 1. The van der Waals surface area contributed by atoms with E-state index < -0.39 is 0 Å². The molecule has 0 saturated carbocycles. The lowest BCUT2D eigenvalue weighted by atomic mass is 10.3. The van der Waals surface area contributed by atoms with Crippen LogP contribution in [0, 0.1) is 6.92 Å². The van der Waals surface area contributed by atoms with Gasteiger partial charge in [0.05, 0.1) is 19.3 Å². The summed E-state index contributed by atoms with van der Waals surface area (Å²) in [6, 6.07) is 0. The molecule has 2 heterocycles. The van der Waals surface area contributed by atoms with Crippen molar-refractivity contribution in [1.82, 2.24) is 19.8 Å². The van der Waals surface area contributed by atoms with Crippen LogP contribution in [-0.2, 0) is 16.0 Å². The number of aliphatic imine (C=N–C) groups is 1. The predicted octanol–water partition coefficient (Wildman–Crippen LogP) is 0.732. The molecular formula is C14H26IN5O2. The van der Waals surface area contributed by atoms with Gasteiger partial charge in [-0.2, -0.15) is 0 Å². The van der Waals surface area contributed by atoms with Gasteiger partial charge in [-0.15, -0.1) is 24.0 Å². The zero-order valence-electron chi connectivity index (χ0n) is 13.5. The largest absolute Gasteiger partial charge is 0.382 e. The maximum atomic E-state index is 5.66. The average molecular weight is 423 g/mol. The molecule has 0 amide bonds. The van der Waals surface area contributed by atoms with Crippen LogP contribution < -0.4 is 5.32 Å². The molecule has 0 radical (unpaired) electrons. The topological polar surface area (TPSA) is 63.9 Å². The third-order valence-electron chi connectivity index (χ3n) is 3.56. The van der Waals surface area contributed by atoms with Gasteiger partial charge in [-0.05, 0) is 6.92 Å². The number of nitrogens with zero attached hydrogens (tertiary/aromatic N) is 4. The summed E-state index contributed by atoms with van der Waals surface area (Å²) in [5.41, 5.74) is 0. The molecule has 1 aromatic heterocycles. The van der Waals surface area contributed by atoms with Crippen molar-refractivity contribution in [3.63, 3.8) is 0 Å². The highest BCUT2D eigenvalue weighted by Crippen LogP contribution is 2.06. The van der Waals surface area contributed by atoms with Crippen molar-refractivity contribution >= 4 is 29.9 Å². The lowest BCUT2D eigenvalue weighted by Gasteiger charge is -2.34. The van der Waals surface area contributed by atoms with E-state index in [0.717, 1.165) is 38.0 Å². The number of rotatable bonds is 5. The molecule has 0 aromatic carbocycles. The third kappa shape index (κ3) is 5.40. The predicted molar refractivity (Wildman–Crippen MR) is 96.9 cm³/mol. The number of aromatic nitrogens is 2. The molecule has 7 nitrogen and oxygen atoms in total. The lowest BCUT2D eigenvalue weighted by molar-refractivity contribution is -0.0447. The maximum Gasteiger partial charge on any atom is 0.193 e. The second-order valence-electron chi connectivity index (χ2n) is 5.04. The Kier molecular flexibility index (Phi) is 8.72. The van der Waals surface area contributed by atoms with Crippen molar-refractivity contribution < 1.29 is 9.47 Å². The number of aryl methyl sites for hydroxylation is 1. The minimum Gasteiger partial charge on any atom is -0.382 e. The normalized spacial score (nSPS) is 19.0. The molecule has 0 aliphatic carbocycles. The van der Waals surface area contributed by atoms with Crippen molar-refractivity contribution in [2.45, 2.75) is 19.6 Å². The van der Waals surface area contributed by atoms with Crippen LogP contribution in [0.2, 0.25) is 0 Å². The van der Waals surface area contributed by atoms with Crippen LogP contribution in [-0.4, -0.2) is 73.5 Å². The third-order valence-corrected chi connectivity index (χ3v) is 3.56. The Hall–Kier alpha value is -0.870. The molecule has 1 atom stereocenters. The summed E-state index contributed by atoms with van der Waals surface area (Å²) in [7, 11) is 3.51. The Morgan fingerprint density at radius 2 is 2.41 bits per heavy atom. The highest BCUT2D eigenvalue weighted by atomic mass is 127. The molecule has 1 fully saturated rings. The maximum absolute atomic E-state index is 5.66. The van der Waals surface area contributed by atoms with E-state index in [1.54, 1.807) is 7.11 Å². The van der Waals surface area contributed by atoms with Gasteiger partial charge >= 0.3 is 0 Å². The molecule has 8 heteroatoms. The van der Waals surface area contributed by atoms with E-state index in [1.165, 1.54) is 0 Å². The number of morpholine rings is 1. The van der Waals surface area contributed by atoms with Gasteiger partial charge in [0, 0.05) is 52.7 Å².